The van der Waals surface area contributed by atoms with E-state index in [0.717, 1.165) is 31.2 Å². The van der Waals surface area contributed by atoms with Crippen molar-refractivity contribution in [1.82, 2.24) is 20.1 Å². The third-order valence-electron chi connectivity index (χ3n) is 4.90. The highest BCUT2D eigenvalue weighted by atomic mass is 35.5. The topological polar surface area (TPSA) is 59.8 Å². The number of nitrogens with one attached hydrogen (secondary N) is 1. The highest BCUT2D eigenvalue weighted by molar-refractivity contribution is 6.30. The number of amides is 1. The van der Waals surface area contributed by atoms with Gasteiger partial charge in [-0.25, -0.2) is 14.1 Å². The number of halogens is 2. The van der Waals surface area contributed by atoms with E-state index in [2.05, 4.69) is 15.4 Å². The van der Waals surface area contributed by atoms with Crippen LogP contribution in [0.1, 0.15) is 42.7 Å². The van der Waals surface area contributed by atoms with Gasteiger partial charge in [-0.05, 0) is 49.2 Å². The van der Waals surface area contributed by atoms with Gasteiger partial charge in [-0.2, -0.15) is 0 Å². The predicted molar refractivity (Wildman–Crippen MR) is 106 cm³/mol. The van der Waals surface area contributed by atoms with Crippen LogP contribution in [0.2, 0.25) is 5.02 Å². The van der Waals surface area contributed by atoms with E-state index in [0.29, 0.717) is 16.5 Å². The average molecular weight is 399 g/mol. The summed E-state index contributed by atoms with van der Waals surface area (Å²) in [6.07, 6.45) is 5.41. The lowest BCUT2D eigenvalue weighted by Gasteiger charge is -2.21. The van der Waals surface area contributed by atoms with Crippen LogP contribution in [-0.4, -0.2) is 26.7 Å². The molecule has 0 aliphatic heterocycles. The van der Waals surface area contributed by atoms with Crippen molar-refractivity contribution in [2.75, 3.05) is 0 Å². The van der Waals surface area contributed by atoms with Crippen LogP contribution < -0.4 is 5.32 Å². The van der Waals surface area contributed by atoms with Gasteiger partial charge in [0, 0.05) is 16.6 Å². The quantitative estimate of drug-likeness (QED) is 0.687. The maximum absolute atomic E-state index is 13.3. The Balaban J connectivity index is 1.71. The molecule has 1 saturated carbocycles. The van der Waals surface area contributed by atoms with Gasteiger partial charge in [-0.3, -0.25) is 4.79 Å². The molecule has 1 aliphatic rings. The normalized spacial score (nSPS) is 14.8. The molecule has 1 aromatic heterocycles. The second-order valence-electron chi connectivity index (χ2n) is 6.97. The van der Waals surface area contributed by atoms with Crippen LogP contribution in [0.25, 0.3) is 17.1 Å². The van der Waals surface area contributed by atoms with E-state index in [1.165, 1.54) is 18.6 Å². The lowest BCUT2D eigenvalue weighted by atomic mass is 9.95. The third kappa shape index (κ3) is 4.07. The standard InChI is InChI=1S/C21H20ClFN4O/c22-15-6-4-5-14(13-15)20-25-19(21(28)24-17-7-2-1-3-8-17)26-27(20)18-11-9-16(23)10-12-18/h4-6,9-13,17H,1-3,7-8H2,(H,24,28). The molecule has 1 heterocycles. The Kier molecular flexibility index (Phi) is 5.39. The van der Waals surface area contributed by atoms with E-state index in [9.17, 15) is 9.18 Å². The van der Waals surface area contributed by atoms with Crippen LogP contribution in [0.4, 0.5) is 4.39 Å². The van der Waals surface area contributed by atoms with Crippen molar-refractivity contribution in [3.05, 3.63) is 65.2 Å². The Morgan fingerprint density at radius 2 is 1.86 bits per heavy atom. The zero-order chi connectivity index (χ0) is 19.5. The summed E-state index contributed by atoms with van der Waals surface area (Å²) in [6.45, 7) is 0. The van der Waals surface area contributed by atoms with Gasteiger partial charge >= 0.3 is 0 Å². The molecule has 1 amide bonds. The molecule has 144 valence electrons. The van der Waals surface area contributed by atoms with Crippen molar-refractivity contribution in [1.29, 1.82) is 0 Å². The first-order chi connectivity index (χ1) is 13.6. The largest absolute Gasteiger partial charge is 0.347 e. The fraction of sp³-hybridized carbons (Fsp3) is 0.286. The van der Waals surface area contributed by atoms with Crippen LogP contribution in [0.3, 0.4) is 0 Å². The van der Waals surface area contributed by atoms with Crippen LogP contribution in [0.5, 0.6) is 0 Å². The van der Waals surface area contributed by atoms with E-state index in [4.69, 9.17) is 11.6 Å². The highest BCUT2D eigenvalue weighted by Crippen LogP contribution is 2.24. The minimum atomic E-state index is -0.344. The molecule has 0 spiro atoms. The summed E-state index contributed by atoms with van der Waals surface area (Å²) in [6, 6.07) is 13.2. The van der Waals surface area contributed by atoms with Crippen molar-refractivity contribution >= 4 is 17.5 Å². The Hall–Kier alpha value is -2.73. The van der Waals surface area contributed by atoms with Crippen LogP contribution in [0, 0.1) is 5.82 Å². The van der Waals surface area contributed by atoms with E-state index >= 15 is 0 Å². The summed E-state index contributed by atoms with van der Waals surface area (Å²) < 4.78 is 14.9. The number of nitrogens with zero attached hydrogens (tertiary/aromatic N) is 3. The zero-order valence-electron chi connectivity index (χ0n) is 15.2. The second kappa shape index (κ2) is 8.10. The first kappa shape index (κ1) is 18.6. The van der Waals surface area contributed by atoms with Gasteiger partial charge in [0.25, 0.3) is 5.91 Å². The predicted octanol–water partition coefficient (Wildman–Crippen LogP) is 4.79. The van der Waals surface area contributed by atoms with Crippen LogP contribution >= 0.6 is 11.6 Å². The third-order valence-corrected chi connectivity index (χ3v) is 5.14. The molecule has 0 atom stereocenters. The first-order valence-corrected chi connectivity index (χ1v) is 9.78. The molecule has 1 N–H and O–H groups in total. The van der Waals surface area contributed by atoms with Gasteiger partial charge in [0.05, 0.1) is 5.69 Å². The number of hydrogen-bond acceptors (Lipinski definition) is 3. The first-order valence-electron chi connectivity index (χ1n) is 9.40. The van der Waals surface area contributed by atoms with Crippen molar-refractivity contribution in [2.45, 2.75) is 38.1 Å². The Bertz CT molecular complexity index is 980. The summed E-state index contributed by atoms with van der Waals surface area (Å²) in [5, 5.41) is 8.00. The monoisotopic (exact) mass is 398 g/mol. The number of carbonyl (C=O) groups is 1. The Morgan fingerprint density at radius 1 is 1.11 bits per heavy atom. The summed E-state index contributed by atoms with van der Waals surface area (Å²) in [4.78, 5) is 17.2. The number of carbonyl (C=O) groups excluding carboxylic acids is 1. The van der Waals surface area contributed by atoms with Crippen molar-refractivity contribution in [3.8, 4) is 17.1 Å². The van der Waals surface area contributed by atoms with Gasteiger partial charge in [0.2, 0.25) is 5.82 Å². The Morgan fingerprint density at radius 3 is 2.57 bits per heavy atom. The molecule has 4 rings (SSSR count). The SMILES string of the molecule is O=C(NC1CCCCC1)c1nc(-c2cccc(Cl)c2)n(-c2ccc(F)cc2)n1. The maximum Gasteiger partial charge on any atom is 0.291 e. The highest BCUT2D eigenvalue weighted by Gasteiger charge is 2.22. The summed E-state index contributed by atoms with van der Waals surface area (Å²) in [5.41, 5.74) is 1.33. The molecular formula is C21H20ClFN4O. The molecule has 5 nitrogen and oxygen atoms in total. The van der Waals surface area contributed by atoms with Crippen molar-refractivity contribution < 1.29 is 9.18 Å². The summed E-state index contributed by atoms with van der Waals surface area (Å²) in [7, 11) is 0. The number of benzene rings is 2. The Labute approximate surface area is 167 Å². The second-order valence-corrected chi connectivity index (χ2v) is 7.40. The minimum Gasteiger partial charge on any atom is -0.347 e. The number of rotatable bonds is 4. The number of hydrogen-bond donors (Lipinski definition) is 1. The van der Waals surface area contributed by atoms with Gasteiger partial charge in [-0.15, -0.1) is 5.10 Å². The molecule has 0 saturated heterocycles. The smallest absolute Gasteiger partial charge is 0.291 e. The molecule has 1 fully saturated rings. The maximum atomic E-state index is 13.3. The zero-order valence-corrected chi connectivity index (χ0v) is 16.0. The van der Waals surface area contributed by atoms with Crippen LogP contribution in [0.15, 0.2) is 48.5 Å². The molecule has 3 aromatic rings. The van der Waals surface area contributed by atoms with Crippen molar-refractivity contribution in [2.24, 2.45) is 0 Å². The average Bonchev–Trinajstić information content (AvgIpc) is 3.15. The lowest BCUT2D eigenvalue weighted by molar-refractivity contribution is 0.0917. The molecule has 0 unspecified atom stereocenters. The molecule has 1 aliphatic carbocycles. The van der Waals surface area contributed by atoms with Crippen molar-refractivity contribution in [3.63, 3.8) is 0 Å². The molecular weight excluding hydrogens is 379 g/mol. The van der Waals surface area contributed by atoms with Gasteiger partial charge in [0.1, 0.15) is 5.82 Å². The fourth-order valence-electron chi connectivity index (χ4n) is 3.48. The van der Waals surface area contributed by atoms with Crippen LogP contribution in [-0.2, 0) is 0 Å². The van der Waals surface area contributed by atoms with Gasteiger partial charge in [-0.1, -0.05) is 43.0 Å². The molecule has 28 heavy (non-hydrogen) atoms. The number of aromatic nitrogens is 3. The molecule has 7 heteroatoms. The van der Waals surface area contributed by atoms with E-state index in [1.54, 1.807) is 28.9 Å². The summed E-state index contributed by atoms with van der Waals surface area (Å²) >= 11 is 6.13. The van der Waals surface area contributed by atoms with Gasteiger partial charge < -0.3 is 5.32 Å². The van der Waals surface area contributed by atoms with E-state index in [1.807, 2.05) is 12.1 Å². The fourth-order valence-corrected chi connectivity index (χ4v) is 3.67. The van der Waals surface area contributed by atoms with Gasteiger partial charge in [0.15, 0.2) is 5.82 Å². The molecule has 2 aromatic carbocycles. The van der Waals surface area contributed by atoms with E-state index in [-0.39, 0.29) is 23.6 Å². The van der Waals surface area contributed by atoms with E-state index < -0.39 is 0 Å². The lowest BCUT2D eigenvalue weighted by Crippen LogP contribution is -2.36. The summed E-state index contributed by atoms with van der Waals surface area (Å²) in [5.74, 6) is -0.0766. The molecule has 0 bridgehead atoms. The minimum absolute atomic E-state index is 0.0878. The molecule has 0 radical (unpaired) electrons.